The van der Waals surface area contributed by atoms with E-state index < -0.39 is 0 Å². The standard InChI is InChI=1S/C49H33N3O/c1-3-12-32(13-4-1)33-24-26-34(27-25-33)35-28-30-37(31-29-35)40-19-10-22-43-45(40)46-42(21-11-23-44(46)53-43)49-51-47(38-15-5-2-6-16-38)50-48(52-49)41-20-9-17-36-14-7-8-18-39(36)41/h1-18,20-31,40H,19H2. The fourth-order valence-electron chi connectivity index (χ4n) is 7.73. The summed E-state index contributed by atoms with van der Waals surface area (Å²) in [6.07, 6.45) is 5.21. The van der Waals surface area contributed by atoms with Gasteiger partial charge in [0.25, 0.3) is 0 Å². The molecule has 1 unspecified atom stereocenters. The van der Waals surface area contributed by atoms with Crippen LogP contribution in [0.25, 0.3) is 84.2 Å². The van der Waals surface area contributed by atoms with Crippen molar-refractivity contribution in [1.82, 2.24) is 15.0 Å². The molecule has 0 fully saturated rings. The van der Waals surface area contributed by atoms with Gasteiger partial charge in [0.15, 0.2) is 17.5 Å². The normalized spacial score (nSPS) is 13.7. The van der Waals surface area contributed by atoms with E-state index in [4.69, 9.17) is 19.4 Å². The molecule has 0 saturated heterocycles. The lowest BCUT2D eigenvalue weighted by Crippen LogP contribution is -2.05. The van der Waals surface area contributed by atoms with Crippen LogP contribution in [0, 0.1) is 0 Å². The molecule has 1 aliphatic carbocycles. The molecule has 9 aromatic rings. The Balaban J connectivity index is 1.08. The van der Waals surface area contributed by atoms with Gasteiger partial charge in [0.1, 0.15) is 11.3 Å². The zero-order valence-corrected chi connectivity index (χ0v) is 28.9. The van der Waals surface area contributed by atoms with Gasteiger partial charge in [-0.3, -0.25) is 0 Å². The van der Waals surface area contributed by atoms with Gasteiger partial charge in [-0.25, -0.2) is 15.0 Å². The van der Waals surface area contributed by atoms with Crippen LogP contribution in [0.5, 0.6) is 0 Å². The highest BCUT2D eigenvalue weighted by molar-refractivity contribution is 5.99. The molecule has 0 aliphatic heterocycles. The number of nitrogens with zero attached hydrogens (tertiary/aromatic N) is 3. The fourth-order valence-corrected chi connectivity index (χ4v) is 7.73. The summed E-state index contributed by atoms with van der Waals surface area (Å²) >= 11 is 0. The maximum absolute atomic E-state index is 6.57. The lowest BCUT2D eigenvalue weighted by molar-refractivity contribution is 0.589. The SMILES string of the molecule is C1=Cc2oc3cccc(-c4nc(-c5ccccc5)nc(-c5cccc6ccccc56)n4)c3c2C(c2ccc(-c3ccc(-c4ccccc4)cc3)cc2)C1. The van der Waals surface area contributed by atoms with Crippen LogP contribution in [-0.2, 0) is 0 Å². The van der Waals surface area contributed by atoms with Crippen LogP contribution >= 0.6 is 0 Å². The molecule has 0 amide bonds. The number of rotatable bonds is 6. The molecule has 0 N–H and O–H groups in total. The first kappa shape index (κ1) is 30.9. The molecule has 0 spiro atoms. The smallest absolute Gasteiger partial charge is 0.164 e. The van der Waals surface area contributed by atoms with Crippen LogP contribution in [0.1, 0.15) is 29.2 Å². The lowest BCUT2D eigenvalue weighted by Gasteiger charge is -2.20. The molecule has 0 saturated carbocycles. The fraction of sp³-hybridized carbons (Fsp3) is 0.0408. The molecule has 2 heterocycles. The number of fused-ring (bicyclic) bond motifs is 4. The second kappa shape index (κ2) is 13.0. The zero-order valence-electron chi connectivity index (χ0n) is 28.9. The molecule has 4 heteroatoms. The summed E-state index contributed by atoms with van der Waals surface area (Å²) in [6.45, 7) is 0. The first-order valence-corrected chi connectivity index (χ1v) is 18.0. The number of hydrogen-bond donors (Lipinski definition) is 0. The average Bonchev–Trinajstić information content (AvgIpc) is 3.63. The molecule has 7 aromatic carbocycles. The molecule has 10 rings (SSSR count). The Labute approximate surface area is 307 Å². The highest BCUT2D eigenvalue weighted by atomic mass is 16.3. The first-order chi connectivity index (χ1) is 26.3. The first-order valence-electron chi connectivity index (χ1n) is 18.0. The van der Waals surface area contributed by atoms with E-state index in [1.54, 1.807) is 0 Å². The highest BCUT2D eigenvalue weighted by Gasteiger charge is 2.28. The number of aromatic nitrogens is 3. The van der Waals surface area contributed by atoms with Crippen molar-refractivity contribution in [2.24, 2.45) is 0 Å². The molecule has 1 atom stereocenters. The molecule has 0 bridgehead atoms. The Morgan fingerprint density at radius 2 is 1.00 bits per heavy atom. The van der Waals surface area contributed by atoms with Crippen molar-refractivity contribution in [2.75, 3.05) is 0 Å². The van der Waals surface area contributed by atoms with E-state index in [2.05, 4.69) is 158 Å². The van der Waals surface area contributed by atoms with Gasteiger partial charge in [0, 0.05) is 33.6 Å². The van der Waals surface area contributed by atoms with Crippen molar-refractivity contribution >= 4 is 27.8 Å². The topological polar surface area (TPSA) is 51.8 Å². The number of furan rings is 1. The van der Waals surface area contributed by atoms with E-state index in [-0.39, 0.29) is 5.92 Å². The van der Waals surface area contributed by atoms with Crippen LogP contribution in [-0.4, -0.2) is 15.0 Å². The average molecular weight is 680 g/mol. The van der Waals surface area contributed by atoms with Crippen molar-refractivity contribution in [3.8, 4) is 56.4 Å². The Kier molecular flexibility index (Phi) is 7.58. The Morgan fingerprint density at radius 1 is 0.453 bits per heavy atom. The summed E-state index contributed by atoms with van der Waals surface area (Å²) in [5.74, 6) is 2.90. The van der Waals surface area contributed by atoms with E-state index >= 15 is 0 Å². The van der Waals surface area contributed by atoms with Gasteiger partial charge in [-0.2, -0.15) is 0 Å². The van der Waals surface area contributed by atoms with Crippen LogP contribution < -0.4 is 0 Å². The van der Waals surface area contributed by atoms with E-state index in [1.165, 1.54) is 33.4 Å². The van der Waals surface area contributed by atoms with Gasteiger partial charge in [-0.1, -0.05) is 170 Å². The van der Waals surface area contributed by atoms with E-state index in [0.717, 1.165) is 50.6 Å². The van der Waals surface area contributed by atoms with Gasteiger partial charge < -0.3 is 4.42 Å². The third-order valence-corrected chi connectivity index (χ3v) is 10.3. The van der Waals surface area contributed by atoms with Gasteiger partial charge >= 0.3 is 0 Å². The van der Waals surface area contributed by atoms with Crippen molar-refractivity contribution in [3.63, 3.8) is 0 Å². The maximum atomic E-state index is 6.57. The summed E-state index contributed by atoms with van der Waals surface area (Å²) in [5.41, 5.74) is 10.9. The third kappa shape index (κ3) is 5.62. The summed E-state index contributed by atoms with van der Waals surface area (Å²) in [7, 11) is 0. The molecular formula is C49H33N3O. The minimum Gasteiger partial charge on any atom is -0.456 e. The monoisotopic (exact) mass is 679 g/mol. The minimum atomic E-state index is 0.111. The van der Waals surface area contributed by atoms with Gasteiger partial charge in [0.05, 0.1) is 0 Å². The third-order valence-electron chi connectivity index (χ3n) is 10.3. The van der Waals surface area contributed by atoms with Crippen molar-refractivity contribution in [2.45, 2.75) is 12.3 Å². The van der Waals surface area contributed by atoms with Gasteiger partial charge in [-0.05, 0) is 57.2 Å². The van der Waals surface area contributed by atoms with Gasteiger partial charge in [0.2, 0.25) is 0 Å². The molecule has 2 aromatic heterocycles. The van der Waals surface area contributed by atoms with Crippen LogP contribution in [0.15, 0.2) is 180 Å². The summed E-state index contributed by atoms with van der Waals surface area (Å²) in [6, 6.07) is 59.4. The second-order valence-electron chi connectivity index (χ2n) is 13.5. The van der Waals surface area contributed by atoms with Gasteiger partial charge in [-0.15, -0.1) is 0 Å². The lowest BCUT2D eigenvalue weighted by atomic mass is 9.82. The van der Waals surface area contributed by atoms with Crippen molar-refractivity contribution < 1.29 is 4.42 Å². The maximum Gasteiger partial charge on any atom is 0.164 e. The summed E-state index contributed by atoms with van der Waals surface area (Å²) in [5, 5.41) is 3.29. The summed E-state index contributed by atoms with van der Waals surface area (Å²) in [4.78, 5) is 15.4. The molecule has 1 aliphatic rings. The molecule has 0 radical (unpaired) electrons. The van der Waals surface area contributed by atoms with Crippen molar-refractivity contribution in [3.05, 3.63) is 193 Å². The molecule has 250 valence electrons. The van der Waals surface area contributed by atoms with Crippen LogP contribution in [0.3, 0.4) is 0 Å². The van der Waals surface area contributed by atoms with Crippen molar-refractivity contribution in [1.29, 1.82) is 0 Å². The predicted octanol–water partition coefficient (Wildman–Crippen LogP) is 12.7. The Hall–Kier alpha value is -6.91. The quantitative estimate of drug-likeness (QED) is 0.175. The number of hydrogen-bond acceptors (Lipinski definition) is 4. The van der Waals surface area contributed by atoms with E-state index in [1.807, 2.05) is 24.3 Å². The largest absolute Gasteiger partial charge is 0.456 e. The molecular weight excluding hydrogens is 647 g/mol. The zero-order chi connectivity index (χ0) is 35.1. The number of benzene rings is 7. The number of allylic oxidation sites excluding steroid dienone is 1. The second-order valence-corrected chi connectivity index (χ2v) is 13.5. The highest BCUT2D eigenvalue weighted by Crippen LogP contribution is 2.45. The molecule has 53 heavy (non-hydrogen) atoms. The minimum absolute atomic E-state index is 0.111. The summed E-state index contributed by atoms with van der Waals surface area (Å²) < 4.78 is 6.57. The Bertz CT molecular complexity index is 2780. The van der Waals surface area contributed by atoms with E-state index in [0.29, 0.717) is 17.5 Å². The van der Waals surface area contributed by atoms with E-state index in [9.17, 15) is 0 Å². The molecule has 4 nitrogen and oxygen atoms in total. The Morgan fingerprint density at radius 3 is 1.74 bits per heavy atom. The van der Waals surface area contributed by atoms with Crippen LogP contribution in [0.4, 0.5) is 0 Å². The predicted molar refractivity (Wildman–Crippen MR) is 216 cm³/mol. The van der Waals surface area contributed by atoms with Crippen LogP contribution in [0.2, 0.25) is 0 Å².